The second-order valence-corrected chi connectivity index (χ2v) is 3.83. The minimum Gasteiger partial charge on any atom is -0.330 e. The Morgan fingerprint density at radius 3 is 2.18 bits per heavy atom. The number of hydrogen-bond donors (Lipinski definition) is 1. The Hall–Kier alpha value is -0.0400. The summed E-state index contributed by atoms with van der Waals surface area (Å²) in [5.41, 5.74) is 5.60. The maximum absolute atomic E-state index is 5.60. The molecule has 0 aromatic carbocycles. The molecule has 0 unspecified atom stereocenters. The molecule has 0 aliphatic rings. The van der Waals surface area contributed by atoms with E-state index in [9.17, 15) is 0 Å². The third-order valence-corrected chi connectivity index (χ3v) is 2.30. The summed E-state index contributed by atoms with van der Waals surface area (Å²) >= 11 is 0. The third-order valence-electron chi connectivity index (χ3n) is 2.30. The summed E-state index contributed by atoms with van der Waals surface area (Å²) in [5, 5.41) is 0. The van der Waals surface area contributed by atoms with E-state index in [0.29, 0.717) is 0 Å². The van der Waals surface area contributed by atoms with Gasteiger partial charge in [0, 0.05) is 0 Å². The van der Waals surface area contributed by atoms with Crippen molar-refractivity contribution < 1.29 is 0 Å². The predicted octanol–water partition coefficient (Wildman–Crippen LogP) is 2.80. The van der Waals surface area contributed by atoms with Crippen LogP contribution in [0.5, 0.6) is 0 Å². The lowest BCUT2D eigenvalue weighted by molar-refractivity contribution is 0.429. The van der Waals surface area contributed by atoms with E-state index >= 15 is 0 Å². The lowest BCUT2D eigenvalue weighted by Crippen LogP contribution is -2.13. The van der Waals surface area contributed by atoms with Crippen LogP contribution in [0.1, 0.15) is 46.5 Å². The molecule has 0 rings (SSSR count). The zero-order valence-corrected chi connectivity index (χ0v) is 8.27. The summed E-state index contributed by atoms with van der Waals surface area (Å²) in [6, 6.07) is 0. The summed E-state index contributed by atoms with van der Waals surface area (Å²) in [7, 11) is 0. The Morgan fingerprint density at radius 1 is 1.18 bits per heavy atom. The van der Waals surface area contributed by atoms with E-state index in [1.54, 1.807) is 0 Å². The molecular formula is C10H23N. The summed E-state index contributed by atoms with van der Waals surface area (Å²) in [5.74, 6) is 1.62. The van der Waals surface area contributed by atoms with E-state index in [1.165, 1.54) is 25.7 Å². The first-order chi connectivity index (χ1) is 5.20. The maximum atomic E-state index is 5.60. The number of rotatable bonds is 6. The Balaban J connectivity index is 3.21. The van der Waals surface area contributed by atoms with Gasteiger partial charge in [-0.2, -0.15) is 0 Å². The summed E-state index contributed by atoms with van der Waals surface area (Å²) in [4.78, 5) is 0. The Labute approximate surface area is 71.4 Å². The van der Waals surface area contributed by atoms with Crippen LogP contribution in [-0.4, -0.2) is 6.54 Å². The van der Waals surface area contributed by atoms with Crippen LogP contribution >= 0.6 is 0 Å². The second kappa shape index (κ2) is 6.66. The first-order valence-electron chi connectivity index (χ1n) is 4.90. The van der Waals surface area contributed by atoms with E-state index in [1.807, 2.05) is 0 Å². The molecule has 0 fully saturated rings. The van der Waals surface area contributed by atoms with Crippen LogP contribution in [0.15, 0.2) is 0 Å². The molecule has 0 radical (unpaired) electrons. The molecule has 1 atom stereocenters. The molecule has 1 heteroatoms. The summed E-state index contributed by atoms with van der Waals surface area (Å²) in [6.07, 6.45) is 5.28. The highest BCUT2D eigenvalue weighted by atomic mass is 14.5. The van der Waals surface area contributed by atoms with Crippen LogP contribution in [0, 0.1) is 11.8 Å². The fourth-order valence-corrected chi connectivity index (χ4v) is 1.30. The third kappa shape index (κ3) is 6.36. The summed E-state index contributed by atoms with van der Waals surface area (Å²) < 4.78 is 0. The molecule has 0 bridgehead atoms. The highest BCUT2D eigenvalue weighted by molar-refractivity contribution is 4.58. The van der Waals surface area contributed by atoms with Crippen LogP contribution in [0.3, 0.4) is 0 Å². The Kier molecular flexibility index (Phi) is 6.63. The van der Waals surface area contributed by atoms with Crippen molar-refractivity contribution in [2.45, 2.75) is 46.5 Å². The fourth-order valence-electron chi connectivity index (χ4n) is 1.30. The van der Waals surface area contributed by atoms with Crippen LogP contribution in [0.4, 0.5) is 0 Å². The van der Waals surface area contributed by atoms with Crippen LogP contribution in [-0.2, 0) is 0 Å². The molecule has 2 N–H and O–H groups in total. The van der Waals surface area contributed by atoms with Crippen molar-refractivity contribution >= 4 is 0 Å². The monoisotopic (exact) mass is 157 g/mol. The molecule has 0 amide bonds. The molecule has 0 aromatic rings. The first kappa shape index (κ1) is 11.0. The van der Waals surface area contributed by atoms with Gasteiger partial charge in [-0.25, -0.2) is 0 Å². The van der Waals surface area contributed by atoms with Gasteiger partial charge in [0.2, 0.25) is 0 Å². The average Bonchev–Trinajstić information content (AvgIpc) is 1.98. The minimum absolute atomic E-state index is 0.772. The van der Waals surface area contributed by atoms with Gasteiger partial charge >= 0.3 is 0 Å². The largest absolute Gasteiger partial charge is 0.330 e. The van der Waals surface area contributed by atoms with E-state index in [4.69, 9.17) is 5.73 Å². The predicted molar refractivity (Wildman–Crippen MR) is 51.5 cm³/mol. The van der Waals surface area contributed by atoms with Gasteiger partial charge in [0.1, 0.15) is 0 Å². The van der Waals surface area contributed by atoms with Gasteiger partial charge in [-0.1, -0.05) is 40.0 Å². The van der Waals surface area contributed by atoms with Gasteiger partial charge in [0.25, 0.3) is 0 Å². The van der Waals surface area contributed by atoms with Gasteiger partial charge in [-0.3, -0.25) is 0 Å². The smallest absolute Gasteiger partial charge is 0.00490 e. The van der Waals surface area contributed by atoms with Crippen molar-refractivity contribution in [2.75, 3.05) is 6.54 Å². The molecule has 0 aromatic heterocycles. The topological polar surface area (TPSA) is 26.0 Å². The maximum Gasteiger partial charge on any atom is -0.00490 e. The zero-order chi connectivity index (χ0) is 8.69. The SMILES string of the molecule is CC[C@@H](CN)CCCC(C)C. The molecule has 0 aliphatic carbocycles. The molecule has 1 nitrogen and oxygen atoms in total. The quantitative estimate of drug-likeness (QED) is 0.630. The lowest BCUT2D eigenvalue weighted by Gasteiger charge is -2.12. The first-order valence-corrected chi connectivity index (χ1v) is 4.90. The van der Waals surface area contributed by atoms with Crippen molar-refractivity contribution in [1.29, 1.82) is 0 Å². The van der Waals surface area contributed by atoms with Gasteiger partial charge in [0.05, 0.1) is 0 Å². The highest BCUT2D eigenvalue weighted by Crippen LogP contribution is 2.13. The van der Waals surface area contributed by atoms with Crippen molar-refractivity contribution in [1.82, 2.24) is 0 Å². The molecule has 0 saturated heterocycles. The molecule has 0 aliphatic heterocycles. The molecular weight excluding hydrogens is 134 g/mol. The highest BCUT2D eigenvalue weighted by Gasteiger charge is 2.03. The van der Waals surface area contributed by atoms with Crippen molar-refractivity contribution in [2.24, 2.45) is 17.6 Å². The van der Waals surface area contributed by atoms with Gasteiger partial charge in [0.15, 0.2) is 0 Å². The fraction of sp³-hybridized carbons (Fsp3) is 1.00. The van der Waals surface area contributed by atoms with Crippen LogP contribution in [0.25, 0.3) is 0 Å². The van der Waals surface area contributed by atoms with E-state index in [2.05, 4.69) is 20.8 Å². The lowest BCUT2D eigenvalue weighted by atomic mass is 9.96. The molecule has 68 valence electrons. The van der Waals surface area contributed by atoms with Crippen LogP contribution in [0.2, 0.25) is 0 Å². The molecule has 0 saturated carbocycles. The second-order valence-electron chi connectivity index (χ2n) is 3.83. The normalized spacial score (nSPS) is 13.9. The average molecular weight is 157 g/mol. The van der Waals surface area contributed by atoms with Gasteiger partial charge in [-0.15, -0.1) is 0 Å². The Morgan fingerprint density at radius 2 is 1.82 bits per heavy atom. The summed E-state index contributed by atoms with van der Waals surface area (Å²) in [6.45, 7) is 7.66. The Bertz CT molecular complexity index is 74.9. The van der Waals surface area contributed by atoms with Crippen molar-refractivity contribution in [3.8, 4) is 0 Å². The molecule has 11 heavy (non-hydrogen) atoms. The van der Waals surface area contributed by atoms with E-state index in [-0.39, 0.29) is 0 Å². The minimum atomic E-state index is 0.772. The molecule has 0 spiro atoms. The zero-order valence-electron chi connectivity index (χ0n) is 8.27. The van der Waals surface area contributed by atoms with Gasteiger partial charge in [-0.05, 0) is 24.8 Å². The van der Waals surface area contributed by atoms with E-state index in [0.717, 1.165) is 18.4 Å². The van der Waals surface area contributed by atoms with E-state index < -0.39 is 0 Å². The van der Waals surface area contributed by atoms with Crippen molar-refractivity contribution in [3.05, 3.63) is 0 Å². The van der Waals surface area contributed by atoms with Crippen LogP contribution < -0.4 is 5.73 Å². The van der Waals surface area contributed by atoms with Crippen molar-refractivity contribution in [3.63, 3.8) is 0 Å². The number of hydrogen-bond acceptors (Lipinski definition) is 1. The standard InChI is InChI=1S/C10H23N/c1-4-10(8-11)7-5-6-9(2)3/h9-10H,4-8,11H2,1-3H3/t10-/m1/s1. The number of nitrogens with two attached hydrogens (primary N) is 1. The van der Waals surface area contributed by atoms with Gasteiger partial charge < -0.3 is 5.73 Å². The molecule has 0 heterocycles.